The number of rotatable bonds is 5. The van der Waals surface area contributed by atoms with Gasteiger partial charge in [-0.2, -0.15) is 0 Å². The minimum absolute atomic E-state index is 0.160. The average Bonchev–Trinajstić information content (AvgIpc) is 2.87. The number of aromatic hydroxyl groups is 1. The molecule has 3 fully saturated rings. The van der Waals surface area contributed by atoms with Crippen LogP contribution in [0.2, 0.25) is 0 Å². The Bertz CT molecular complexity index is 1330. The zero-order chi connectivity index (χ0) is 22.4. The van der Waals surface area contributed by atoms with Gasteiger partial charge in [0.15, 0.2) is 0 Å². The van der Waals surface area contributed by atoms with E-state index in [0.717, 1.165) is 41.7 Å². The standard InChI is InChI=1S/C29H28N2O2/c1-2-19-18-31-14-12-22(19)16-28(31)29(25-11-13-30-27-10-8-23(32)17-26(25)27)33-24-9-7-20-5-3-4-6-21(20)15-24/h2-11,13,15,17,19,22,28-29,32H,1,12,14,16,18H2. The van der Waals surface area contributed by atoms with Gasteiger partial charge in [-0.15, -0.1) is 6.58 Å². The Kier molecular flexibility index (Phi) is 5.03. The maximum Gasteiger partial charge on any atom is 0.140 e. The van der Waals surface area contributed by atoms with Gasteiger partial charge in [0.25, 0.3) is 0 Å². The number of benzene rings is 3. The molecule has 5 unspecified atom stereocenters. The van der Waals surface area contributed by atoms with Gasteiger partial charge in [-0.05, 0) is 78.4 Å². The Morgan fingerprint density at radius 2 is 1.94 bits per heavy atom. The van der Waals surface area contributed by atoms with Crippen molar-refractivity contribution in [1.29, 1.82) is 0 Å². The molecule has 4 nitrogen and oxygen atoms in total. The highest BCUT2D eigenvalue weighted by Gasteiger charge is 2.43. The molecular weight excluding hydrogens is 408 g/mol. The molecule has 7 rings (SSSR count). The van der Waals surface area contributed by atoms with E-state index in [4.69, 9.17) is 4.74 Å². The molecule has 0 saturated carbocycles. The third-order valence-electron chi connectivity index (χ3n) is 7.55. The van der Waals surface area contributed by atoms with Crippen molar-refractivity contribution in [1.82, 2.24) is 9.88 Å². The molecule has 3 aliphatic heterocycles. The summed E-state index contributed by atoms with van der Waals surface area (Å²) in [5.74, 6) is 2.31. The van der Waals surface area contributed by atoms with Crippen LogP contribution in [0.4, 0.5) is 0 Å². The van der Waals surface area contributed by atoms with Crippen LogP contribution in [0.15, 0.2) is 85.6 Å². The van der Waals surface area contributed by atoms with Crippen LogP contribution in [0, 0.1) is 11.8 Å². The lowest BCUT2D eigenvalue weighted by molar-refractivity contribution is -0.0356. The van der Waals surface area contributed by atoms with E-state index in [2.05, 4.69) is 71.1 Å². The molecule has 3 aliphatic rings. The largest absolute Gasteiger partial charge is 0.508 e. The molecular formula is C29H28N2O2. The van der Waals surface area contributed by atoms with Gasteiger partial charge in [0.05, 0.1) is 11.6 Å². The highest BCUT2D eigenvalue weighted by molar-refractivity contribution is 5.85. The maximum absolute atomic E-state index is 10.2. The number of phenols is 1. The summed E-state index contributed by atoms with van der Waals surface area (Å²) in [5, 5.41) is 13.6. The molecule has 0 radical (unpaired) electrons. The van der Waals surface area contributed by atoms with Crippen LogP contribution < -0.4 is 4.74 Å². The zero-order valence-corrected chi connectivity index (χ0v) is 18.6. The van der Waals surface area contributed by atoms with Crippen molar-refractivity contribution >= 4 is 21.7 Å². The van der Waals surface area contributed by atoms with E-state index < -0.39 is 0 Å². The summed E-state index contributed by atoms with van der Waals surface area (Å²) < 4.78 is 6.84. The number of nitrogens with zero attached hydrogens (tertiary/aromatic N) is 2. The predicted molar refractivity (Wildman–Crippen MR) is 132 cm³/mol. The van der Waals surface area contributed by atoms with Gasteiger partial charge in [-0.1, -0.05) is 36.4 Å². The van der Waals surface area contributed by atoms with E-state index in [9.17, 15) is 5.11 Å². The van der Waals surface area contributed by atoms with E-state index in [0.29, 0.717) is 11.8 Å². The fourth-order valence-electron chi connectivity index (χ4n) is 5.83. The van der Waals surface area contributed by atoms with Crippen molar-refractivity contribution in [2.45, 2.75) is 25.0 Å². The van der Waals surface area contributed by atoms with E-state index in [-0.39, 0.29) is 17.9 Å². The van der Waals surface area contributed by atoms with Crippen LogP contribution in [-0.2, 0) is 0 Å². The quantitative estimate of drug-likeness (QED) is 0.383. The SMILES string of the molecule is C=CC1CN2CCC1CC2C(Oc1ccc2ccccc2c1)c1ccnc2ccc(O)cc12. The summed E-state index contributed by atoms with van der Waals surface area (Å²) in [6, 6.07) is 22.4. The van der Waals surface area contributed by atoms with Crippen LogP contribution in [0.3, 0.4) is 0 Å². The monoisotopic (exact) mass is 436 g/mol. The van der Waals surface area contributed by atoms with E-state index in [1.807, 2.05) is 18.3 Å². The molecule has 4 heterocycles. The van der Waals surface area contributed by atoms with Crippen molar-refractivity contribution < 1.29 is 9.84 Å². The normalized spacial score (nSPS) is 25.2. The Hall–Kier alpha value is -3.37. The average molecular weight is 437 g/mol. The van der Waals surface area contributed by atoms with Gasteiger partial charge in [-0.3, -0.25) is 9.88 Å². The minimum atomic E-state index is -0.160. The molecule has 5 atom stereocenters. The number of pyridine rings is 1. The highest BCUT2D eigenvalue weighted by atomic mass is 16.5. The molecule has 1 aromatic heterocycles. The molecule has 4 aromatic rings. The molecule has 4 heteroatoms. The smallest absolute Gasteiger partial charge is 0.140 e. The first kappa shape index (κ1) is 20.3. The molecule has 3 aromatic carbocycles. The van der Waals surface area contributed by atoms with Gasteiger partial charge in [-0.25, -0.2) is 0 Å². The molecule has 1 N–H and O–H groups in total. The Morgan fingerprint density at radius 3 is 2.76 bits per heavy atom. The van der Waals surface area contributed by atoms with Crippen LogP contribution in [-0.4, -0.2) is 34.1 Å². The minimum Gasteiger partial charge on any atom is -0.508 e. The first-order chi connectivity index (χ1) is 16.2. The number of aromatic nitrogens is 1. The van der Waals surface area contributed by atoms with Crippen LogP contribution >= 0.6 is 0 Å². The second-order valence-corrected chi connectivity index (χ2v) is 9.40. The lowest BCUT2D eigenvalue weighted by Gasteiger charge is -2.51. The number of ether oxygens (including phenoxy) is 1. The third-order valence-corrected chi connectivity index (χ3v) is 7.55. The van der Waals surface area contributed by atoms with Crippen LogP contribution in [0.1, 0.15) is 24.5 Å². The predicted octanol–water partition coefficient (Wildman–Crippen LogP) is 6.11. The second-order valence-electron chi connectivity index (χ2n) is 9.40. The van der Waals surface area contributed by atoms with E-state index in [1.165, 1.54) is 17.2 Å². The number of piperidine rings is 3. The van der Waals surface area contributed by atoms with Crippen molar-refractivity contribution in [3.63, 3.8) is 0 Å². The summed E-state index contributed by atoms with van der Waals surface area (Å²) in [5.41, 5.74) is 1.95. The number of fused-ring (bicyclic) bond motifs is 5. The maximum atomic E-state index is 10.2. The molecule has 0 aliphatic carbocycles. The Labute approximate surface area is 194 Å². The molecule has 166 valence electrons. The first-order valence-corrected chi connectivity index (χ1v) is 11.8. The summed E-state index contributed by atoms with van der Waals surface area (Å²) >= 11 is 0. The van der Waals surface area contributed by atoms with Crippen molar-refractivity contribution in [2.24, 2.45) is 11.8 Å². The summed E-state index contributed by atoms with van der Waals surface area (Å²) in [6.07, 6.45) is 6.12. The van der Waals surface area contributed by atoms with Gasteiger partial charge in [0.1, 0.15) is 17.6 Å². The second kappa shape index (κ2) is 8.20. The fraction of sp³-hybridized carbons (Fsp3) is 0.276. The fourth-order valence-corrected chi connectivity index (χ4v) is 5.83. The molecule has 3 saturated heterocycles. The zero-order valence-electron chi connectivity index (χ0n) is 18.6. The molecule has 33 heavy (non-hydrogen) atoms. The number of hydrogen-bond acceptors (Lipinski definition) is 4. The summed E-state index contributed by atoms with van der Waals surface area (Å²) in [6.45, 7) is 6.21. The van der Waals surface area contributed by atoms with Crippen molar-refractivity contribution in [3.05, 3.63) is 91.1 Å². The summed E-state index contributed by atoms with van der Waals surface area (Å²) in [4.78, 5) is 7.11. The lowest BCUT2D eigenvalue weighted by Crippen LogP contribution is -2.55. The van der Waals surface area contributed by atoms with Crippen molar-refractivity contribution in [3.8, 4) is 11.5 Å². The molecule has 0 spiro atoms. The lowest BCUT2D eigenvalue weighted by atomic mass is 9.73. The molecule has 0 amide bonds. The van der Waals surface area contributed by atoms with Gasteiger partial charge in [0, 0.05) is 23.7 Å². The van der Waals surface area contributed by atoms with Crippen molar-refractivity contribution in [2.75, 3.05) is 13.1 Å². The molecule has 2 bridgehead atoms. The highest BCUT2D eigenvalue weighted by Crippen LogP contribution is 2.44. The topological polar surface area (TPSA) is 45.6 Å². The van der Waals surface area contributed by atoms with Crippen LogP contribution in [0.5, 0.6) is 11.5 Å². The van der Waals surface area contributed by atoms with Crippen LogP contribution in [0.25, 0.3) is 21.7 Å². The van der Waals surface area contributed by atoms with Gasteiger partial charge >= 0.3 is 0 Å². The summed E-state index contributed by atoms with van der Waals surface area (Å²) in [7, 11) is 0. The van der Waals surface area contributed by atoms with E-state index >= 15 is 0 Å². The first-order valence-electron chi connectivity index (χ1n) is 11.8. The third kappa shape index (κ3) is 3.65. The van der Waals surface area contributed by atoms with E-state index in [1.54, 1.807) is 6.07 Å². The number of hydrogen-bond donors (Lipinski definition) is 1. The van der Waals surface area contributed by atoms with Gasteiger partial charge in [0.2, 0.25) is 0 Å². The Balaban J connectivity index is 1.45. The van der Waals surface area contributed by atoms with Gasteiger partial charge < -0.3 is 9.84 Å². The Morgan fingerprint density at radius 1 is 1.06 bits per heavy atom. The number of phenolic OH excluding ortho intramolecular Hbond substituents is 1.